The monoisotopic (exact) mass is 330 g/mol. The first kappa shape index (κ1) is 9.89. The smallest absolute Gasteiger partial charge is 0.0359 e. The van der Waals surface area contributed by atoms with Crippen molar-refractivity contribution in [3.05, 3.63) is 80.1 Å². The summed E-state index contributed by atoms with van der Waals surface area (Å²) < 4.78 is 1.38. The van der Waals surface area contributed by atoms with Crippen LogP contribution in [0.25, 0.3) is 0 Å². The van der Waals surface area contributed by atoms with Gasteiger partial charge >= 0.3 is 0 Å². The zero-order valence-corrected chi connectivity index (χ0v) is 11.4. The van der Waals surface area contributed by atoms with Crippen molar-refractivity contribution in [3.63, 3.8) is 0 Å². The highest BCUT2D eigenvalue weighted by Crippen LogP contribution is 2.49. The Labute approximate surface area is 115 Å². The second-order valence-electron chi connectivity index (χ2n) is 4.74. The molecule has 0 aromatic carbocycles. The number of hydrogen-bond acceptors (Lipinski definition) is 0. The van der Waals surface area contributed by atoms with Crippen LogP contribution in [0.15, 0.2) is 80.1 Å². The first-order valence-electron chi connectivity index (χ1n) is 5.92. The van der Waals surface area contributed by atoms with Gasteiger partial charge in [-0.05, 0) is 63.0 Å². The van der Waals surface area contributed by atoms with Crippen LogP contribution in [0.1, 0.15) is 6.42 Å². The van der Waals surface area contributed by atoms with Crippen LogP contribution in [0.3, 0.4) is 0 Å². The minimum Gasteiger partial charge on any atom is -0.0795 e. The van der Waals surface area contributed by atoms with Crippen LogP contribution in [0.5, 0.6) is 0 Å². The Hall–Kier alpha value is -1.09. The number of allylic oxidation sites excluding steroid dienone is 14. The van der Waals surface area contributed by atoms with Crippen molar-refractivity contribution in [1.29, 1.82) is 0 Å². The maximum absolute atomic E-state index is 2.45. The largest absolute Gasteiger partial charge is 0.0795 e. The molecule has 1 heteroatoms. The highest BCUT2D eigenvalue weighted by Gasteiger charge is 2.33. The third-order valence-electron chi connectivity index (χ3n) is 3.84. The van der Waals surface area contributed by atoms with Crippen LogP contribution in [0.4, 0.5) is 0 Å². The van der Waals surface area contributed by atoms with Crippen LogP contribution >= 0.6 is 22.6 Å². The van der Waals surface area contributed by atoms with Gasteiger partial charge in [-0.3, -0.25) is 0 Å². The van der Waals surface area contributed by atoms with Crippen molar-refractivity contribution in [2.24, 2.45) is 5.92 Å². The molecule has 0 saturated heterocycles. The third-order valence-corrected chi connectivity index (χ3v) is 4.82. The molecule has 17 heavy (non-hydrogen) atoms. The lowest BCUT2D eigenvalue weighted by atomic mass is 9.69. The van der Waals surface area contributed by atoms with Crippen LogP contribution in [0.2, 0.25) is 0 Å². The van der Waals surface area contributed by atoms with Crippen LogP contribution in [0, 0.1) is 5.92 Å². The molecule has 0 aromatic heterocycles. The lowest BCUT2D eigenvalue weighted by Crippen LogP contribution is -2.21. The number of halogens is 1. The predicted octanol–water partition coefficient (Wildman–Crippen LogP) is 4.55. The molecule has 0 aliphatic heterocycles. The summed E-state index contributed by atoms with van der Waals surface area (Å²) >= 11 is 2.45. The molecule has 4 rings (SSSR count). The fraction of sp³-hybridized carbons (Fsp3) is 0.125. The molecule has 0 heterocycles. The summed E-state index contributed by atoms with van der Waals surface area (Å²) in [6.45, 7) is 0. The van der Waals surface area contributed by atoms with Crippen molar-refractivity contribution in [3.8, 4) is 0 Å². The van der Waals surface area contributed by atoms with Gasteiger partial charge in [0, 0.05) is 9.50 Å². The van der Waals surface area contributed by atoms with E-state index in [1.807, 2.05) is 0 Å². The Morgan fingerprint density at radius 2 is 1.94 bits per heavy atom. The highest BCUT2D eigenvalue weighted by molar-refractivity contribution is 14.1. The maximum atomic E-state index is 2.45. The first-order chi connectivity index (χ1) is 8.34. The minimum absolute atomic E-state index is 0.497. The summed E-state index contributed by atoms with van der Waals surface area (Å²) in [5, 5.41) is 0. The molecule has 0 saturated carbocycles. The molecule has 1 atom stereocenters. The van der Waals surface area contributed by atoms with Gasteiger partial charge in [-0.25, -0.2) is 0 Å². The molecule has 0 amide bonds. The Balaban J connectivity index is 2.04. The summed E-state index contributed by atoms with van der Waals surface area (Å²) in [5.74, 6) is 0.497. The SMILES string of the molecule is IC1=CC=C2C=CC3=C4C(=CC=C1C24)C=CC3. The molecule has 4 aliphatic rings. The van der Waals surface area contributed by atoms with E-state index in [-0.39, 0.29) is 0 Å². The van der Waals surface area contributed by atoms with E-state index in [0.29, 0.717) is 5.92 Å². The molecule has 82 valence electrons. The zero-order chi connectivity index (χ0) is 11.4. The number of rotatable bonds is 0. The van der Waals surface area contributed by atoms with E-state index in [1.165, 1.54) is 25.9 Å². The van der Waals surface area contributed by atoms with Gasteiger partial charge in [-0.2, -0.15) is 0 Å². The quantitative estimate of drug-likeness (QED) is 0.572. The van der Waals surface area contributed by atoms with Gasteiger partial charge in [0.2, 0.25) is 0 Å². The topological polar surface area (TPSA) is 0 Å². The molecular formula is C16H11I. The Bertz CT molecular complexity index is 630. The van der Waals surface area contributed by atoms with E-state index in [0.717, 1.165) is 6.42 Å². The molecule has 4 aliphatic carbocycles. The van der Waals surface area contributed by atoms with E-state index in [1.54, 1.807) is 5.57 Å². The molecule has 0 aromatic rings. The molecule has 0 fully saturated rings. The Kier molecular flexibility index (Phi) is 2.01. The molecule has 0 spiro atoms. The van der Waals surface area contributed by atoms with E-state index >= 15 is 0 Å². The average Bonchev–Trinajstić information content (AvgIpc) is 2.38. The predicted molar refractivity (Wildman–Crippen MR) is 79.8 cm³/mol. The average molecular weight is 330 g/mol. The normalized spacial score (nSPS) is 28.2. The van der Waals surface area contributed by atoms with E-state index in [4.69, 9.17) is 0 Å². The van der Waals surface area contributed by atoms with Gasteiger partial charge in [0.05, 0.1) is 0 Å². The van der Waals surface area contributed by atoms with Gasteiger partial charge in [-0.15, -0.1) is 0 Å². The van der Waals surface area contributed by atoms with Crippen molar-refractivity contribution in [2.45, 2.75) is 6.42 Å². The molecule has 0 N–H and O–H groups in total. The standard InChI is InChI=1S/C16H11I/c17-14-9-7-12-5-4-10-2-1-3-11-6-8-13(14)16(12)15(10)11/h1,3-9,16H,2H2. The van der Waals surface area contributed by atoms with Gasteiger partial charge < -0.3 is 0 Å². The van der Waals surface area contributed by atoms with Gasteiger partial charge in [-0.1, -0.05) is 42.5 Å². The molecular weight excluding hydrogens is 319 g/mol. The van der Waals surface area contributed by atoms with E-state index < -0.39 is 0 Å². The summed E-state index contributed by atoms with van der Waals surface area (Å²) in [4.78, 5) is 0. The van der Waals surface area contributed by atoms with Crippen molar-refractivity contribution < 1.29 is 0 Å². The van der Waals surface area contributed by atoms with Gasteiger partial charge in [0.25, 0.3) is 0 Å². The van der Waals surface area contributed by atoms with Crippen LogP contribution in [-0.2, 0) is 0 Å². The lowest BCUT2D eigenvalue weighted by molar-refractivity contribution is 0.835. The van der Waals surface area contributed by atoms with Gasteiger partial charge in [0.1, 0.15) is 0 Å². The van der Waals surface area contributed by atoms with Crippen molar-refractivity contribution >= 4 is 22.6 Å². The number of hydrogen-bond donors (Lipinski definition) is 0. The second kappa shape index (κ2) is 3.45. The molecule has 0 nitrogen and oxygen atoms in total. The molecule has 0 bridgehead atoms. The molecule has 1 unspecified atom stereocenters. The summed E-state index contributed by atoms with van der Waals surface area (Å²) in [5.41, 5.74) is 7.36. The fourth-order valence-corrected chi connectivity index (χ4v) is 3.73. The second-order valence-corrected chi connectivity index (χ2v) is 5.90. The van der Waals surface area contributed by atoms with E-state index in [2.05, 4.69) is 71.2 Å². The lowest BCUT2D eigenvalue weighted by Gasteiger charge is -2.36. The van der Waals surface area contributed by atoms with E-state index in [9.17, 15) is 0 Å². The molecule has 0 radical (unpaired) electrons. The summed E-state index contributed by atoms with van der Waals surface area (Å²) in [6, 6.07) is 0. The zero-order valence-electron chi connectivity index (χ0n) is 9.28. The maximum Gasteiger partial charge on any atom is 0.0359 e. The summed E-state index contributed by atoms with van der Waals surface area (Å²) in [7, 11) is 0. The van der Waals surface area contributed by atoms with Gasteiger partial charge in [0.15, 0.2) is 0 Å². The highest BCUT2D eigenvalue weighted by atomic mass is 127. The van der Waals surface area contributed by atoms with Crippen molar-refractivity contribution in [2.75, 3.05) is 0 Å². The van der Waals surface area contributed by atoms with Crippen LogP contribution < -0.4 is 0 Å². The Morgan fingerprint density at radius 1 is 1.00 bits per heavy atom. The summed E-state index contributed by atoms with van der Waals surface area (Å²) in [6.07, 6.45) is 19.3. The minimum atomic E-state index is 0.497. The Morgan fingerprint density at radius 3 is 2.88 bits per heavy atom. The third kappa shape index (κ3) is 1.29. The van der Waals surface area contributed by atoms with Crippen LogP contribution in [-0.4, -0.2) is 0 Å². The first-order valence-corrected chi connectivity index (χ1v) is 7.00. The fourth-order valence-electron chi connectivity index (χ4n) is 3.06. The van der Waals surface area contributed by atoms with Crippen molar-refractivity contribution in [1.82, 2.24) is 0 Å².